The molecule has 5 heteroatoms. The second-order valence-electron chi connectivity index (χ2n) is 3.94. The summed E-state index contributed by atoms with van der Waals surface area (Å²) in [6.07, 6.45) is 0. The van der Waals surface area contributed by atoms with Crippen molar-refractivity contribution in [3.05, 3.63) is 52.5 Å². The number of esters is 1. The zero-order valence-electron chi connectivity index (χ0n) is 11.1. The van der Waals surface area contributed by atoms with Gasteiger partial charge in [0.2, 0.25) is 0 Å². The van der Waals surface area contributed by atoms with Gasteiger partial charge in [0.25, 0.3) is 0 Å². The molecule has 4 nitrogen and oxygen atoms in total. The molecular formula is C15H13BrO4. The number of benzene rings is 2. The average Bonchev–Trinajstić information content (AvgIpc) is 2.47. The first kappa shape index (κ1) is 14.4. The smallest absolute Gasteiger partial charge is 0.343 e. The van der Waals surface area contributed by atoms with E-state index in [-0.39, 0.29) is 0 Å². The van der Waals surface area contributed by atoms with E-state index in [0.29, 0.717) is 22.8 Å². The highest BCUT2D eigenvalue weighted by atomic mass is 79.9. The summed E-state index contributed by atoms with van der Waals surface area (Å²) in [7, 11) is 3.07. The predicted octanol–water partition coefficient (Wildman–Crippen LogP) is 3.69. The van der Waals surface area contributed by atoms with E-state index < -0.39 is 5.97 Å². The molecule has 0 spiro atoms. The van der Waals surface area contributed by atoms with E-state index in [0.717, 1.165) is 4.47 Å². The van der Waals surface area contributed by atoms with Gasteiger partial charge in [-0.25, -0.2) is 4.79 Å². The van der Waals surface area contributed by atoms with Crippen LogP contribution in [0.2, 0.25) is 0 Å². The molecule has 0 atom stereocenters. The van der Waals surface area contributed by atoms with Gasteiger partial charge >= 0.3 is 5.97 Å². The maximum Gasteiger partial charge on any atom is 0.343 e. The maximum absolute atomic E-state index is 12.0. The highest BCUT2D eigenvalue weighted by Crippen LogP contribution is 2.28. The van der Waals surface area contributed by atoms with Gasteiger partial charge in [-0.05, 0) is 24.3 Å². The zero-order valence-corrected chi connectivity index (χ0v) is 12.6. The van der Waals surface area contributed by atoms with Gasteiger partial charge in [-0.15, -0.1) is 0 Å². The third-order valence-electron chi connectivity index (χ3n) is 2.62. The van der Waals surface area contributed by atoms with Crippen molar-refractivity contribution in [2.45, 2.75) is 0 Å². The molecule has 0 aromatic heterocycles. The van der Waals surface area contributed by atoms with Gasteiger partial charge in [0.05, 0.1) is 19.8 Å². The summed E-state index contributed by atoms with van der Waals surface area (Å²) in [5.41, 5.74) is 0.468. The molecule has 0 radical (unpaired) electrons. The second-order valence-corrected chi connectivity index (χ2v) is 4.86. The Morgan fingerprint density at radius 1 is 0.900 bits per heavy atom. The van der Waals surface area contributed by atoms with E-state index in [4.69, 9.17) is 14.2 Å². The molecule has 104 valence electrons. The van der Waals surface area contributed by atoms with Crippen LogP contribution in [-0.4, -0.2) is 20.2 Å². The van der Waals surface area contributed by atoms with E-state index in [9.17, 15) is 4.79 Å². The molecule has 2 aromatic rings. The van der Waals surface area contributed by atoms with Crippen LogP contribution in [0, 0.1) is 0 Å². The van der Waals surface area contributed by atoms with Crippen LogP contribution >= 0.6 is 15.9 Å². The van der Waals surface area contributed by atoms with E-state index in [1.807, 2.05) is 0 Å². The van der Waals surface area contributed by atoms with Gasteiger partial charge in [-0.3, -0.25) is 0 Å². The molecule has 0 saturated carbocycles. The lowest BCUT2D eigenvalue weighted by Gasteiger charge is -2.09. The number of rotatable bonds is 4. The Morgan fingerprint density at radius 2 is 1.40 bits per heavy atom. The number of ether oxygens (including phenoxy) is 3. The Morgan fingerprint density at radius 3 is 1.90 bits per heavy atom. The van der Waals surface area contributed by atoms with Crippen molar-refractivity contribution < 1.29 is 19.0 Å². The minimum Gasteiger partial charge on any atom is -0.496 e. The molecule has 0 aliphatic rings. The molecule has 20 heavy (non-hydrogen) atoms. The molecule has 0 saturated heterocycles. The molecule has 0 N–H and O–H groups in total. The van der Waals surface area contributed by atoms with Crippen LogP contribution in [0.1, 0.15) is 10.4 Å². The van der Waals surface area contributed by atoms with E-state index in [2.05, 4.69) is 15.9 Å². The Bertz CT molecular complexity index is 586. The first-order chi connectivity index (χ1) is 9.62. The van der Waals surface area contributed by atoms with Gasteiger partial charge < -0.3 is 14.2 Å². The standard InChI is InChI=1S/C15H13BrO4/c1-18-12-7-13(19-2)9-14(8-12)20-15(17)10-3-5-11(16)6-4-10/h3-9H,1-2H3. The molecule has 0 heterocycles. The van der Waals surface area contributed by atoms with Crippen LogP contribution < -0.4 is 14.2 Å². The second kappa shape index (κ2) is 6.43. The first-order valence-electron chi connectivity index (χ1n) is 5.83. The molecule has 0 bridgehead atoms. The maximum atomic E-state index is 12.0. The summed E-state index contributed by atoms with van der Waals surface area (Å²) >= 11 is 3.31. The van der Waals surface area contributed by atoms with Crippen LogP contribution in [0.3, 0.4) is 0 Å². The lowest BCUT2D eigenvalue weighted by molar-refractivity contribution is 0.0734. The normalized spacial score (nSPS) is 9.95. The fourth-order valence-corrected chi connectivity index (χ4v) is 1.86. The molecule has 0 unspecified atom stereocenters. The van der Waals surface area contributed by atoms with Gasteiger partial charge in [-0.1, -0.05) is 15.9 Å². The molecule has 2 rings (SSSR count). The van der Waals surface area contributed by atoms with Crippen molar-refractivity contribution in [3.63, 3.8) is 0 Å². The quantitative estimate of drug-likeness (QED) is 0.631. The van der Waals surface area contributed by atoms with Gasteiger partial charge in [0, 0.05) is 22.7 Å². The molecule has 0 fully saturated rings. The highest BCUT2D eigenvalue weighted by Gasteiger charge is 2.10. The van der Waals surface area contributed by atoms with Crippen LogP contribution in [0.5, 0.6) is 17.2 Å². The monoisotopic (exact) mass is 336 g/mol. The molecule has 0 aliphatic heterocycles. The van der Waals surface area contributed by atoms with Crippen molar-refractivity contribution in [2.75, 3.05) is 14.2 Å². The number of halogens is 1. The summed E-state index contributed by atoms with van der Waals surface area (Å²) in [4.78, 5) is 12.0. The number of hydrogen-bond donors (Lipinski definition) is 0. The van der Waals surface area contributed by atoms with Gasteiger partial charge in [0.1, 0.15) is 17.2 Å². The number of carbonyl (C=O) groups excluding carboxylic acids is 1. The molecular weight excluding hydrogens is 324 g/mol. The third-order valence-corrected chi connectivity index (χ3v) is 3.14. The minimum atomic E-state index is -0.437. The van der Waals surface area contributed by atoms with Crippen molar-refractivity contribution in [3.8, 4) is 17.2 Å². The summed E-state index contributed by atoms with van der Waals surface area (Å²) in [5.74, 6) is 1.05. The fourth-order valence-electron chi connectivity index (χ4n) is 1.59. The van der Waals surface area contributed by atoms with Crippen molar-refractivity contribution in [1.82, 2.24) is 0 Å². The number of hydrogen-bond acceptors (Lipinski definition) is 4. The predicted molar refractivity (Wildman–Crippen MR) is 78.6 cm³/mol. The summed E-state index contributed by atoms with van der Waals surface area (Å²) < 4.78 is 16.5. The van der Waals surface area contributed by atoms with E-state index in [1.54, 1.807) is 42.5 Å². The summed E-state index contributed by atoms with van der Waals surface area (Å²) in [6, 6.07) is 11.9. The van der Waals surface area contributed by atoms with E-state index in [1.165, 1.54) is 14.2 Å². The average molecular weight is 337 g/mol. The van der Waals surface area contributed by atoms with Crippen LogP contribution in [0.4, 0.5) is 0 Å². The zero-order chi connectivity index (χ0) is 14.5. The van der Waals surface area contributed by atoms with Gasteiger partial charge in [-0.2, -0.15) is 0 Å². The van der Waals surface area contributed by atoms with Gasteiger partial charge in [0.15, 0.2) is 0 Å². The first-order valence-corrected chi connectivity index (χ1v) is 6.62. The van der Waals surface area contributed by atoms with Crippen molar-refractivity contribution in [1.29, 1.82) is 0 Å². The molecule has 0 amide bonds. The fraction of sp³-hybridized carbons (Fsp3) is 0.133. The molecule has 0 aliphatic carbocycles. The van der Waals surface area contributed by atoms with Crippen LogP contribution in [-0.2, 0) is 0 Å². The lowest BCUT2D eigenvalue weighted by Crippen LogP contribution is -2.08. The number of carbonyl (C=O) groups is 1. The Balaban J connectivity index is 2.20. The summed E-state index contributed by atoms with van der Waals surface area (Å²) in [5, 5.41) is 0. The van der Waals surface area contributed by atoms with Crippen molar-refractivity contribution >= 4 is 21.9 Å². The lowest BCUT2D eigenvalue weighted by atomic mass is 10.2. The third kappa shape index (κ3) is 3.51. The summed E-state index contributed by atoms with van der Waals surface area (Å²) in [6.45, 7) is 0. The number of methoxy groups -OCH3 is 2. The van der Waals surface area contributed by atoms with Crippen molar-refractivity contribution in [2.24, 2.45) is 0 Å². The SMILES string of the molecule is COc1cc(OC)cc(OC(=O)c2ccc(Br)cc2)c1. The minimum absolute atomic E-state index is 0.370. The topological polar surface area (TPSA) is 44.8 Å². The van der Waals surface area contributed by atoms with Crippen LogP contribution in [0.25, 0.3) is 0 Å². The van der Waals surface area contributed by atoms with Crippen LogP contribution in [0.15, 0.2) is 46.9 Å². The largest absolute Gasteiger partial charge is 0.496 e. The Kier molecular flexibility index (Phi) is 4.63. The van der Waals surface area contributed by atoms with E-state index >= 15 is 0 Å². The Labute approximate surface area is 125 Å². The molecule has 2 aromatic carbocycles. The highest BCUT2D eigenvalue weighted by molar-refractivity contribution is 9.10. The Hall–Kier alpha value is -2.01.